The van der Waals surface area contributed by atoms with E-state index in [0.29, 0.717) is 19.0 Å². The number of nitrogens with zero attached hydrogens (tertiary/aromatic N) is 3. The van der Waals surface area contributed by atoms with E-state index in [4.69, 9.17) is 40.1 Å². The number of aromatic nitrogens is 2. The lowest BCUT2D eigenvalue weighted by Crippen LogP contribution is -2.44. The van der Waals surface area contributed by atoms with Crippen LogP contribution in [0.2, 0.25) is 5.02 Å². The number of nitrogens with one attached hydrogen (secondary N) is 2. The Hall–Kier alpha value is -5.60. The molecule has 0 aliphatic carbocycles. The highest BCUT2D eigenvalue weighted by Crippen LogP contribution is 2.31. The second-order valence-corrected chi connectivity index (χ2v) is 13.3. The minimum absolute atomic E-state index is 0.0684. The summed E-state index contributed by atoms with van der Waals surface area (Å²) in [6, 6.07) is 19.1. The Kier molecular flexibility index (Phi) is 11.5. The quantitative estimate of drug-likeness (QED) is 0.0787. The zero-order valence-electron chi connectivity index (χ0n) is 28.9. The van der Waals surface area contributed by atoms with Crippen molar-refractivity contribution in [3.63, 3.8) is 0 Å². The zero-order chi connectivity index (χ0) is 37.5. The van der Waals surface area contributed by atoms with E-state index >= 15 is 8.78 Å². The van der Waals surface area contributed by atoms with E-state index < -0.39 is 29.8 Å². The first-order valence-electron chi connectivity index (χ1n) is 16.4. The molecule has 1 unspecified atom stereocenters. The van der Waals surface area contributed by atoms with E-state index in [9.17, 15) is 9.18 Å². The highest BCUT2D eigenvalue weighted by molar-refractivity contribution is 6.30. The molecule has 5 aromatic rings. The average Bonchev–Trinajstić information content (AvgIpc) is 3.75. The van der Waals surface area contributed by atoms with Crippen molar-refractivity contribution in [1.29, 1.82) is 0 Å². The number of halogens is 4. The van der Waals surface area contributed by atoms with Gasteiger partial charge in [0.2, 0.25) is 17.5 Å². The number of hydrogen-bond donors (Lipinski definition) is 2. The van der Waals surface area contributed by atoms with Gasteiger partial charge >= 0.3 is 0 Å². The van der Waals surface area contributed by atoms with Crippen molar-refractivity contribution in [2.75, 3.05) is 20.3 Å². The SMILES string of the molecule is COc1ccc(COc2cc(C(=NC3COCC3(C)C)NNC(=O)Cc3cc(F)c(-c4cccc(OCc5ccc(Cl)cc5F)n4)cc3F)on2)cc1. The molecule has 1 amide bonds. The largest absolute Gasteiger partial charge is 0.497 e. The minimum Gasteiger partial charge on any atom is -0.497 e. The number of methoxy groups -OCH3 is 1. The number of amidine groups is 1. The van der Waals surface area contributed by atoms with Crippen molar-refractivity contribution in [1.82, 2.24) is 21.0 Å². The van der Waals surface area contributed by atoms with E-state index in [0.717, 1.165) is 23.8 Å². The predicted octanol–water partition coefficient (Wildman–Crippen LogP) is 7.01. The standard InChI is InChI=1S/C38H35ClF3N5O6/c1-38(2)21-50-20-33(38)44-37(32-17-36(47-53-32)51-18-22-7-11-26(49-3)12-8-22)46-45-34(48)14-24-13-30(42)27(16-29(24)41)31-5-4-6-35(43-31)52-19-23-9-10-25(39)15-28(23)40/h4-13,15-17,33H,14,18-21H2,1-3H3,(H,44,46)(H,45,48). The van der Waals surface area contributed by atoms with E-state index in [-0.39, 0.29) is 75.4 Å². The molecule has 0 radical (unpaired) electrons. The van der Waals surface area contributed by atoms with Gasteiger partial charge in [-0.05, 0) is 53.2 Å². The van der Waals surface area contributed by atoms with Crippen LogP contribution in [0.3, 0.4) is 0 Å². The van der Waals surface area contributed by atoms with Crippen molar-refractivity contribution in [3.8, 4) is 28.8 Å². The number of hydrogen-bond acceptors (Lipinski definition) is 9. The number of ether oxygens (including phenoxy) is 4. The molecule has 0 spiro atoms. The van der Waals surface area contributed by atoms with Crippen LogP contribution in [0.5, 0.6) is 17.5 Å². The molecule has 6 rings (SSSR count). The first-order valence-corrected chi connectivity index (χ1v) is 16.8. The fourth-order valence-electron chi connectivity index (χ4n) is 5.30. The Morgan fingerprint density at radius 1 is 0.925 bits per heavy atom. The van der Waals surface area contributed by atoms with Crippen molar-refractivity contribution < 1.29 is 41.4 Å². The molecule has 2 aromatic heterocycles. The minimum atomic E-state index is -0.833. The number of hydrazine groups is 1. The number of carbonyl (C=O) groups is 1. The number of pyridine rings is 1. The van der Waals surface area contributed by atoms with Crippen molar-refractivity contribution in [2.45, 2.75) is 39.5 Å². The maximum Gasteiger partial charge on any atom is 0.255 e. The maximum absolute atomic E-state index is 15.4. The van der Waals surface area contributed by atoms with E-state index in [1.165, 1.54) is 30.3 Å². The smallest absolute Gasteiger partial charge is 0.255 e. The molecule has 3 aromatic carbocycles. The lowest BCUT2D eigenvalue weighted by atomic mass is 9.88. The van der Waals surface area contributed by atoms with Crippen LogP contribution in [0, 0.1) is 22.9 Å². The Morgan fingerprint density at radius 2 is 1.70 bits per heavy atom. The molecule has 2 N–H and O–H groups in total. The van der Waals surface area contributed by atoms with Crippen molar-refractivity contribution >= 4 is 23.3 Å². The second-order valence-electron chi connectivity index (χ2n) is 12.8. The predicted molar refractivity (Wildman–Crippen MR) is 189 cm³/mol. The Labute approximate surface area is 308 Å². The third-order valence-electron chi connectivity index (χ3n) is 8.40. The number of rotatable bonds is 12. The number of aliphatic imine (C=N–C) groups is 1. The van der Waals surface area contributed by atoms with E-state index in [2.05, 4.69) is 21.0 Å². The van der Waals surface area contributed by atoms with Crippen LogP contribution in [0.1, 0.15) is 36.3 Å². The van der Waals surface area contributed by atoms with Gasteiger partial charge in [0, 0.05) is 33.2 Å². The lowest BCUT2D eigenvalue weighted by Gasteiger charge is -2.22. The lowest BCUT2D eigenvalue weighted by molar-refractivity contribution is -0.121. The Balaban J connectivity index is 1.11. The molecule has 1 saturated heterocycles. The molecule has 11 nitrogen and oxygen atoms in total. The molecular weight excluding hydrogens is 715 g/mol. The van der Waals surface area contributed by atoms with Gasteiger partial charge in [0.15, 0.2) is 5.84 Å². The zero-order valence-corrected chi connectivity index (χ0v) is 29.7. The maximum atomic E-state index is 15.4. The number of carbonyl (C=O) groups excluding carboxylic acids is 1. The molecule has 3 heterocycles. The van der Waals surface area contributed by atoms with Gasteiger partial charge in [-0.1, -0.05) is 49.7 Å². The summed E-state index contributed by atoms with van der Waals surface area (Å²) in [6.45, 7) is 4.85. The first-order chi connectivity index (χ1) is 25.5. The van der Waals surface area contributed by atoms with Gasteiger partial charge in [0.25, 0.3) is 5.88 Å². The molecule has 0 bridgehead atoms. The first kappa shape index (κ1) is 37.2. The molecule has 1 atom stereocenters. The monoisotopic (exact) mass is 749 g/mol. The summed E-state index contributed by atoms with van der Waals surface area (Å²) in [5.74, 6) is -1.64. The van der Waals surface area contributed by atoms with Crippen LogP contribution >= 0.6 is 11.6 Å². The summed E-state index contributed by atoms with van der Waals surface area (Å²) in [6.07, 6.45) is -0.517. The second kappa shape index (κ2) is 16.4. The van der Waals surface area contributed by atoms with Crippen molar-refractivity contribution in [3.05, 3.63) is 124 Å². The summed E-state index contributed by atoms with van der Waals surface area (Å²) in [7, 11) is 1.58. The van der Waals surface area contributed by atoms with Crippen LogP contribution in [0.4, 0.5) is 13.2 Å². The molecule has 276 valence electrons. The molecule has 15 heteroatoms. The number of benzene rings is 3. The van der Waals surface area contributed by atoms with Crippen LogP contribution in [-0.4, -0.2) is 48.2 Å². The Morgan fingerprint density at radius 3 is 2.43 bits per heavy atom. The third kappa shape index (κ3) is 9.45. The van der Waals surface area contributed by atoms with E-state index in [1.807, 2.05) is 38.1 Å². The summed E-state index contributed by atoms with van der Waals surface area (Å²) >= 11 is 5.80. The highest BCUT2D eigenvalue weighted by atomic mass is 35.5. The van der Waals surface area contributed by atoms with Gasteiger partial charge in [-0.3, -0.25) is 20.6 Å². The van der Waals surface area contributed by atoms with Crippen molar-refractivity contribution in [2.24, 2.45) is 10.4 Å². The summed E-state index contributed by atoms with van der Waals surface area (Å²) in [5.41, 5.74) is 5.76. The Bertz CT molecular complexity index is 2110. The highest BCUT2D eigenvalue weighted by Gasteiger charge is 2.36. The van der Waals surface area contributed by atoms with E-state index in [1.54, 1.807) is 13.2 Å². The topological polar surface area (TPSA) is 129 Å². The van der Waals surface area contributed by atoms with Crippen LogP contribution in [0.15, 0.2) is 88.4 Å². The van der Waals surface area contributed by atoms with Gasteiger partial charge in [-0.2, -0.15) is 0 Å². The van der Waals surface area contributed by atoms with Crippen LogP contribution < -0.4 is 25.1 Å². The fourth-order valence-corrected chi connectivity index (χ4v) is 5.46. The normalized spacial score (nSPS) is 15.2. The third-order valence-corrected chi connectivity index (χ3v) is 8.64. The van der Waals surface area contributed by atoms with Gasteiger partial charge in [-0.15, -0.1) is 0 Å². The van der Waals surface area contributed by atoms with Gasteiger partial charge in [0.1, 0.15) is 36.4 Å². The molecule has 1 aliphatic heterocycles. The summed E-state index contributed by atoms with van der Waals surface area (Å²) in [5, 5.41) is 4.21. The van der Waals surface area contributed by atoms with Gasteiger partial charge in [0.05, 0.1) is 44.5 Å². The summed E-state index contributed by atoms with van der Waals surface area (Å²) in [4.78, 5) is 22.0. The number of amides is 1. The molecule has 0 saturated carbocycles. The molecule has 1 aliphatic rings. The molecule has 53 heavy (non-hydrogen) atoms. The molecular formula is C38H35ClF3N5O6. The van der Waals surface area contributed by atoms with Gasteiger partial charge < -0.3 is 23.5 Å². The average molecular weight is 750 g/mol. The molecule has 1 fully saturated rings. The van der Waals surface area contributed by atoms with Crippen LogP contribution in [-0.2, 0) is 29.2 Å². The van der Waals surface area contributed by atoms with Crippen LogP contribution in [0.25, 0.3) is 11.3 Å². The fraction of sp³-hybridized carbons (Fsp3) is 0.263. The summed E-state index contributed by atoms with van der Waals surface area (Å²) < 4.78 is 72.5. The van der Waals surface area contributed by atoms with Gasteiger partial charge in [-0.25, -0.2) is 18.2 Å².